The first-order valence-electron chi connectivity index (χ1n) is 11.0. The molecule has 0 radical (unpaired) electrons. The van der Waals surface area contributed by atoms with E-state index in [0.717, 1.165) is 35.6 Å². The van der Waals surface area contributed by atoms with Crippen LogP contribution >= 0.6 is 11.3 Å². The van der Waals surface area contributed by atoms with Crippen molar-refractivity contribution in [3.05, 3.63) is 69.7 Å². The van der Waals surface area contributed by atoms with Gasteiger partial charge in [0.05, 0.1) is 38.7 Å². The molecule has 3 aromatic rings. The van der Waals surface area contributed by atoms with Crippen molar-refractivity contribution in [3.63, 3.8) is 0 Å². The first-order valence-corrected chi connectivity index (χ1v) is 13.3. The predicted molar refractivity (Wildman–Crippen MR) is 127 cm³/mol. The van der Waals surface area contributed by atoms with Crippen LogP contribution in [-0.2, 0) is 16.4 Å². The molecular formula is C24H23N3O5S2. The Hall–Kier alpha value is -3.08. The highest BCUT2D eigenvalue weighted by Crippen LogP contribution is 2.36. The van der Waals surface area contributed by atoms with E-state index >= 15 is 0 Å². The number of carbonyl (C=O) groups is 2. The first-order chi connectivity index (χ1) is 16.3. The van der Waals surface area contributed by atoms with E-state index in [4.69, 9.17) is 0 Å². The standard InChI is InChI=1S/C24H23N3O5S2/c28-16-8-5-14(6-9-16)24-26-13-17(33-24)12-25-22(29)15-7-10-21-19(11-15)27-23(30)18-3-1-2-4-20(18)34(21,31)32/h1-4,7,10-11,13-14,16,28H,5-6,8-9,12H2,(H,25,29)(H,27,30). The van der Waals surface area contributed by atoms with Crippen molar-refractivity contribution in [3.8, 4) is 0 Å². The van der Waals surface area contributed by atoms with Crippen molar-refractivity contribution in [1.82, 2.24) is 10.3 Å². The van der Waals surface area contributed by atoms with Crippen LogP contribution in [0.15, 0.2) is 58.5 Å². The minimum atomic E-state index is -3.92. The topological polar surface area (TPSA) is 125 Å². The van der Waals surface area contributed by atoms with Gasteiger partial charge in [-0.2, -0.15) is 0 Å². The number of amides is 2. The van der Waals surface area contributed by atoms with Gasteiger partial charge in [-0.15, -0.1) is 11.3 Å². The van der Waals surface area contributed by atoms with Crippen molar-refractivity contribution in [2.24, 2.45) is 0 Å². The number of fused-ring (bicyclic) bond motifs is 2. The van der Waals surface area contributed by atoms with Gasteiger partial charge in [0, 0.05) is 22.6 Å². The Morgan fingerprint density at radius 3 is 2.68 bits per heavy atom. The van der Waals surface area contributed by atoms with Gasteiger partial charge in [0.25, 0.3) is 11.8 Å². The smallest absolute Gasteiger partial charge is 0.257 e. The summed E-state index contributed by atoms with van der Waals surface area (Å²) >= 11 is 1.55. The summed E-state index contributed by atoms with van der Waals surface area (Å²) in [6.07, 6.45) is 4.93. The molecule has 0 bridgehead atoms. The Balaban J connectivity index is 1.31. The number of benzene rings is 2. The number of nitrogens with zero attached hydrogens (tertiary/aromatic N) is 1. The Kier molecular flexibility index (Phi) is 5.97. The van der Waals surface area contributed by atoms with Crippen LogP contribution in [0, 0.1) is 0 Å². The lowest BCUT2D eigenvalue weighted by Crippen LogP contribution is -2.22. The SMILES string of the molecule is O=C(NCc1cnc(C2CCC(O)CC2)s1)c1ccc2c(c1)NC(=O)c1ccccc1S2(=O)=O. The average Bonchev–Trinajstić information content (AvgIpc) is 3.29. The predicted octanol–water partition coefficient (Wildman–Crippen LogP) is 3.49. The summed E-state index contributed by atoms with van der Waals surface area (Å²) in [6.45, 7) is 0.291. The maximum Gasteiger partial charge on any atom is 0.257 e. The van der Waals surface area contributed by atoms with Gasteiger partial charge in [0.2, 0.25) is 9.84 Å². The maximum atomic E-state index is 13.1. The third-order valence-electron chi connectivity index (χ3n) is 6.24. The summed E-state index contributed by atoms with van der Waals surface area (Å²) < 4.78 is 26.2. The zero-order valence-electron chi connectivity index (χ0n) is 18.2. The van der Waals surface area contributed by atoms with Crippen molar-refractivity contribution < 1.29 is 23.1 Å². The van der Waals surface area contributed by atoms with Crippen molar-refractivity contribution in [2.45, 2.75) is 54.0 Å². The molecule has 34 heavy (non-hydrogen) atoms. The Bertz CT molecular complexity index is 1370. The number of hydrogen-bond donors (Lipinski definition) is 3. The highest BCUT2D eigenvalue weighted by molar-refractivity contribution is 7.91. The second-order valence-corrected chi connectivity index (χ2v) is 11.6. The minimum absolute atomic E-state index is 0.0490. The summed E-state index contributed by atoms with van der Waals surface area (Å²) in [4.78, 5) is 30.7. The number of aromatic nitrogens is 1. The number of hydrogen-bond acceptors (Lipinski definition) is 7. The van der Waals surface area contributed by atoms with E-state index < -0.39 is 15.7 Å². The number of aliphatic hydroxyl groups excluding tert-OH is 1. The summed E-state index contributed by atoms with van der Waals surface area (Å²) in [5.74, 6) is -0.577. The largest absolute Gasteiger partial charge is 0.393 e. The van der Waals surface area contributed by atoms with Crippen LogP contribution in [0.5, 0.6) is 0 Å². The molecule has 1 saturated carbocycles. The Morgan fingerprint density at radius 2 is 1.88 bits per heavy atom. The van der Waals surface area contributed by atoms with Gasteiger partial charge >= 0.3 is 0 Å². The van der Waals surface area contributed by atoms with Crippen LogP contribution in [0.2, 0.25) is 0 Å². The summed E-state index contributed by atoms with van der Waals surface area (Å²) in [5.41, 5.74) is 0.387. The zero-order chi connectivity index (χ0) is 23.9. The van der Waals surface area contributed by atoms with Crippen LogP contribution in [0.1, 0.15) is 62.2 Å². The highest BCUT2D eigenvalue weighted by atomic mass is 32.2. The molecule has 10 heteroatoms. The van der Waals surface area contributed by atoms with Gasteiger partial charge in [-0.3, -0.25) is 9.59 Å². The van der Waals surface area contributed by atoms with Gasteiger partial charge in [-0.1, -0.05) is 12.1 Å². The van der Waals surface area contributed by atoms with E-state index in [-0.39, 0.29) is 38.6 Å². The zero-order valence-corrected chi connectivity index (χ0v) is 19.8. The molecule has 2 aliphatic rings. The number of carbonyl (C=O) groups excluding carboxylic acids is 2. The van der Waals surface area contributed by atoms with Crippen molar-refractivity contribution in [1.29, 1.82) is 0 Å². The lowest BCUT2D eigenvalue weighted by Gasteiger charge is -2.23. The van der Waals surface area contributed by atoms with Gasteiger partial charge in [-0.25, -0.2) is 13.4 Å². The second kappa shape index (κ2) is 8.94. The third-order valence-corrected chi connectivity index (χ3v) is 9.27. The van der Waals surface area contributed by atoms with Crippen LogP contribution in [0.3, 0.4) is 0 Å². The summed E-state index contributed by atoms with van der Waals surface area (Å²) in [7, 11) is -3.92. The van der Waals surface area contributed by atoms with Crippen LogP contribution in [-0.4, -0.2) is 36.4 Å². The maximum absolute atomic E-state index is 13.1. The van der Waals surface area contributed by atoms with E-state index in [1.165, 1.54) is 30.3 Å². The molecule has 1 aliphatic heterocycles. The Morgan fingerprint density at radius 1 is 1.12 bits per heavy atom. The fraction of sp³-hybridized carbons (Fsp3) is 0.292. The summed E-state index contributed by atoms with van der Waals surface area (Å²) in [5, 5.41) is 16.2. The van der Waals surface area contributed by atoms with Crippen molar-refractivity contribution in [2.75, 3.05) is 5.32 Å². The monoisotopic (exact) mass is 497 g/mol. The molecule has 176 valence electrons. The minimum Gasteiger partial charge on any atom is -0.393 e. The molecule has 1 aromatic heterocycles. The normalized spacial score (nSPS) is 21.0. The molecule has 0 unspecified atom stereocenters. The van der Waals surface area contributed by atoms with Gasteiger partial charge in [-0.05, 0) is 56.0 Å². The molecule has 2 heterocycles. The molecule has 1 fully saturated rings. The molecule has 2 amide bonds. The van der Waals surface area contributed by atoms with E-state index in [2.05, 4.69) is 15.6 Å². The van der Waals surface area contributed by atoms with E-state index in [0.29, 0.717) is 12.5 Å². The molecule has 0 saturated heterocycles. The number of anilines is 1. The highest BCUT2D eigenvalue weighted by Gasteiger charge is 2.31. The molecule has 0 spiro atoms. The molecule has 0 atom stereocenters. The van der Waals surface area contributed by atoms with E-state index in [1.807, 2.05) is 0 Å². The van der Waals surface area contributed by atoms with Crippen LogP contribution in [0.25, 0.3) is 0 Å². The van der Waals surface area contributed by atoms with E-state index in [1.54, 1.807) is 29.7 Å². The fourth-order valence-corrected chi connectivity index (χ4v) is 7.00. The third kappa shape index (κ3) is 4.24. The molecule has 8 nitrogen and oxygen atoms in total. The number of sulfone groups is 1. The number of rotatable bonds is 4. The number of nitrogens with one attached hydrogen (secondary N) is 2. The van der Waals surface area contributed by atoms with Gasteiger partial charge in [0.1, 0.15) is 0 Å². The molecular weight excluding hydrogens is 474 g/mol. The number of thiazole rings is 1. The van der Waals surface area contributed by atoms with Crippen LogP contribution in [0.4, 0.5) is 5.69 Å². The number of aliphatic hydroxyl groups is 1. The Labute approximate surface area is 201 Å². The lowest BCUT2D eigenvalue weighted by atomic mass is 9.88. The molecule has 3 N–H and O–H groups in total. The van der Waals surface area contributed by atoms with Gasteiger partial charge in [0.15, 0.2) is 0 Å². The second-order valence-electron chi connectivity index (χ2n) is 8.52. The summed E-state index contributed by atoms with van der Waals surface area (Å²) in [6, 6.07) is 10.2. The molecule has 5 rings (SSSR count). The molecule has 2 aromatic carbocycles. The van der Waals surface area contributed by atoms with Gasteiger partial charge < -0.3 is 15.7 Å². The van der Waals surface area contributed by atoms with Crippen LogP contribution < -0.4 is 10.6 Å². The lowest BCUT2D eigenvalue weighted by molar-refractivity contribution is 0.0949. The fourth-order valence-electron chi connectivity index (χ4n) is 4.39. The molecule has 1 aliphatic carbocycles. The first kappa shape index (κ1) is 22.7. The average molecular weight is 498 g/mol. The van der Waals surface area contributed by atoms with Crippen molar-refractivity contribution >= 4 is 38.7 Å². The quantitative estimate of drug-likeness (QED) is 0.507. The van der Waals surface area contributed by atoms with E-state index in [9.17, 15) is 23.1 Å².